The van der Waals surface area contributed by atoms with Crippen LogP contribution in [0.2, 0.25) is 0 Å². The smallest absolute Gasteiger partial charge is 0.225 e. The second-order valence-electron chi connectivity index (χ2n) is 8.43. The summed E-state index contributed by atoms with van der Waals surface area (Å²) in [6.45, 7) is 13.1. The summed E-state index contributed by atoms with van der Waals surface area (Å²) in [7, 11) is 0. The van der Waals surface area contributed by atoms with Gasteiger partial charge in [-0.2, -0.15) is 0 Å². The standard InChI is InChI=1S/C21H38N4O2/c1-3-5-20(26)24-12-8-19(9-13-24)23-10-6-18(7-11-23)21(27)25-16-14-22(4-2)15-17-25/h18-19H,3-17H2,1-2H3. The van der Waals surface area contributed by atoms with Crippen LogP contribution in [-0.2, 0) is 9.59 Å². The Morgan fingerprint density at radius 1 is 0.778 bits per heavy atom. The summed E-state index contributed by atoms with van der Waals surface area (Å²) in [5, 5.41) is 0. The molecule has 3 saturated heterocycles. The van der Waals surface area contributed by atoms with E-state index in [-0.39, 0.29) is 5.92 Å². The number of piperidine rings is 2. The van der Waals surface area contributed by atoms with Crippen molar-refractivity contribution in [2.45, 2.75) is 58.4 Å². The molecule has 0 spiro atoms. The molecule has 6 nitrogen and oxygen atoms in total. The molecule has 3 heterocycles. The molecule has 0 saturated carbocycles. The van der Waals surface area contributed by atoms with Gasteiger partial charge in [-0.1, -0.05) is 13.8 Å². The van der Waals surface area contributed by atoms with Crippen molar-refractivity contribution in [3.05, 3.63) is 0 Å². The van der Waals surface area contributed by atoms with Gasteiger partial charge in [-0.05, 0) is 51.7 Å². The number of rotatable bonds is 5. The third-order valence-electron chi connectivity index (χ3n) is 6.81. The van der Waals surface area contributed by atoms with Crippen LogP contribution < -0.4 is 0 Å². The van der Waals surface area contributed by atoms with Crippen molar-refractivity contribution >= 4 is 11.8 Å². The van der Waals surface area contributed by atoms with Gasteiger partial charge in [0.2, 0.25) is 11.8 Å². The van der Waals surface area contributed by atoms with Crippen LogP contribution in [0.4, 0.5) is 0 Å². The van der Waals surface area contributed by atoms with E-state index in [1.807, 2.05) is 4.90 Å². The fourth-order valence-electron chi connectivity index (χ4n) is 4.91. The van der Waals surface area contributed by atoms with Crippen LogP contribution >= 0.6 is 0 Å². The molecule has 3 aliphatic heterocycles. The molecule has 0 aromatic carbocycles. The summed E-state index contributed by atoms with van der Waals surface area (Å²) in [6.07, 6.45) is 5.81. The first-order valence-electron chi connectivity index (χ1n) is 11.1. The van der Waals surface area contributed by atoms with E-state index >= 15 is 0 Å². The Labute approximate surface area is 164 Å². The summed E-state index contributed by atoms with van der Waals surface area (Å²) in [5.41, 5.74) is 0. The number of piperazine rings is 1. The lowest BCUT2D eigenvalue weighted by atomic mass is 9.92. The lowest BCUT2D eigenvalue weighted by Crippen LogP contribution is -2.53. The third kappa shape index (κ3) is 5.23. The number of carbonyl (C=O) groups excluding carboxylic acids is 2. The molecule has 2 amide bonds. The van der Waals surface area contributed by atoms with Gasteiger partial charge in [0.15, 0.2) is 0 Å². The van der Waals surface area contributed by atoms with Gasteiger partial charge < -0.3 is 19.6 Å². The monoisotopic (exact) mass is 378 g/mol. The molecule has 0 atom stereocenters. The zero-order valence-electron chi connectivity index (χ0n) is 17.4. The first-order chi connectivity index (χ1) is 13.1. The van der Waals surface area contributed by atoms with Crippen LogP contribution in [0.15, 0.2) is 0 Å². The maximum absolute atomic E-state index is 12.9. The van der Waals surface area contributed by atoms with E-state index in [4.69, 9.17) is 0 Å². The van der Waals surface area contributed by atoms with E-state index in [2.05, 4.69) is 28.5 Å². The number of amides is 2. The average Bonchev–Trinajstić information content (AvgIpc) is 2.74. The summed E-state index contributed by atoms with van der Waals surface area (Å²) in [4.78, 5) is 34.1. The maximum atomic E-state index is 12.9. The number of likely N-dealkylation sites (N-methyl/N-ethyl adjacent to an activating group) is 1. The van der Waals surface area contributed by atoms with Gasteiger partial charge in [0.25, 0.3) is 0 Å². The van der Waals surface area contributed by atoms with Crippen molar-refractivity contribution in [1.29, 1.82) is 0 Å². The lowest BCUT2D eigenvalue weighted by Gasteiger charge is -2.43. The normalized spacial score (nSPS) is 24.4. The Bertz CT molecular complexity index is 488. The molecular formula is C21H38N4O2. The number of hydrogen-bond acceptors (Lipinski definition) is 4. The van der Waals surface area contributed by atoms with Crippen molar-refractivity contribution in [3.8, 4) is 0 Å². The third-order valence-corrected chi connectivity index (χ3v) is 6.81. The van der Waals surface area contributed by atoms with Gasteiger partial charge in [0.05, 0.1) is 0 Å². The molecule has 154 valence electrons. The summed E-state index contributed by atoms with van der Waals surface area (Å²) in [6, 6.07) is 0.597. The van der Waals surface area contributed by atoms with Crippen LogP contribution in [0.5, 0.6) is 0 Å². The molecule has 3 rings (SSSR count). The van der Waals surface area contributed by atoms with E-state index in [1.54, 1.807) is 0 Å². The largest absolute Gasteiger partial charge is 0.343 e. The highest BCUT2D eigenvalue weighted by molar-refractivity contribution is 5.79. The molecular weight excluding hydrogens is 340 g/mol. The lowest BCUT2D eigenvalue weighted by molar-refractivity contribution is -0.139. The number of nitrogens with zero attached hydrogens (tertiary/aromatic N) is 4. The fourth-order valence-corrected chi connectivity index (χ4v) is 4.91. The van der Waals surface area contributed by atoms with Crippen LogP contribution in [0.25, 0.3) is 0 Å². The van der Waals surface area contributed by atoms with Gasteiger partial charge >= 0.3 is 0 Å². The maximum Gasteiger partial charge on any atom is 0.225 e. The molecule has 6 heteroatoms. The number of carbonyl (C=O) groups is 2. The molecule has 3 aliphatic rings. The molecule has 0 bridgehead atoms. The number of hydrogen-bond donors (Lipinski definition) is 0. The highest BCUT2D eigenvalue weighted by Crippen LogP contribution is 2.26. The highest BCUT2D eigenvalue weighted by atomic mass is 16.2. The summed E-state index contributed by atoms with van der Waals surface area (Å²) < 4.78 is 0. The van der Waals surface area contributed by atoms with Crippen LogP contribution in [-0.4, -0.2) is 96.4 Å². The van der Waals surface area contributed by atoms with Gasteiger partial charge in [-0.3, -0.25) is 9.59 Å². The van der Waals surface area contributed by atoms with Crippen LogP contribution in [0, 0.1) is 5.92 Å². The van der Waals surface area contributed by atoms with Gasteiger partial charge in [-0.25, -0.2) is 0 Å². The molecule has 0 N–H and O–H groups in total. The molecule has 27 heavy (non-hydrogen) atoms. The van der Waals surface area contributed by atoms with E-state index in [0.29, 0.717) is 24.3 Å². The topological polar surface area (TPSA) is 47.1 Å². The Balaban J connectivity index is 1.39. The molecule has 3 fully saturated rings. The Kier molecular flexibility index (Phi) is 7.53. The van der Waals surface area contributed by atoms with Crippen molar-refractivity contribution in [2.75, 3.05) is 58.9 Å². The zero-order chi connectivity index (χ0) is 19.2. The molecule has 0 radical (unpaired) electrons. The van der Waals surface area contributed by atoms with Crippen LogP contribution in [0.1, 0.15) is 52.4 Å². The highest BCUT2D eigenvalue weighted by Gasteiger charge is 2.33. The predicted molar refractivity (Wildman–Crippen MR) is 108 cm³/mol. The van der Waals surface area contributed by atoms with E-state index in [1.165, 1.54) is 0 Å². The van der Waals surface area contributed by atoms with Gasteiger partial charge in [0.1, 0.15) is 0 Å². The summed E-state index contributed by atoms with van der Waals surface area (Å²) in [5.74, 6) is 0.939. The molecule has 0 aliphatic carbocycles. The quantitative estimate of drug-likeness (QED) is 0.730. The first kappa shape index (κ1) is 20.6. The Morgan fingerprint density at radius 3 is 1.96 bits per heavy atom. The Morgan fingerprint density at radius 2 is 1.41 bits per heavy atom. The molecule has 0 aromatic rings. The van der Waals surface area contributed by atoms with Gasteiger partial charge in [-0.15, -0.1) is 0 Å². The second-order valence-corrected chi connectivity index (χ2v) is 8.43. The van der Waals surface area contributed by atoms with Gasteiger partial charge in [0, 0.05) is 57.6 Å². The minimum Gasteiger partial charge on any atom is -0.343 e. The second kappa shape index (κ2) is 9.87. The SMILES string of the molecule is CCCC(=O)N1CCC(N2CCC(C(=O)N3CCN(CC)CC3)CC2)CC1. The predicted octanol–water partition coefficient (Wildman–Crippen LogP) is 1.65. The van der Waals surface area contributed by atoms with E-state index in [9.17, 15) is 9.59 Å². The zero-order valence-corrected chi connectivity index (χ0v) is 17.4. The van der Waals surface area contributed by atoms with Crippen molar-refractivity contribution in [1.82, 2.24) is 19.6 Å². The number of likely N-dealkylation sites (tertiary alicyclic amines) is 2. The van der Waals surface area contributed by atoms with Crippen molar-refractivity contribution in [2.24, 2.45) is 5.92 Å². The average molecular weight is 379 g/mol. The minimum absolute atomic E-state index is 0.223. The Hall–Kier alpha value is -1.14. The van der Waals surface area contributed by atoms with Crippen molar-refractivity contribution < 1.29 is 9.59 Å². The van der Waals surface area contributed by atoms with Crippen LogP contribution in [0.3, 0.4) is 0 Å². The molecule has 0 aromatic heterocycles. The van der Waals surface area contributed by atoms with Crippen molar-refractivity contribution in [3.63, 3.8) is 0 Å². The minimum atomic E-state index is 0.223. The summed E-state index contributed by atoms with van der Waals surface area (Å²) >= 11 is 0. The molecule has 0 unspecified atom stereocenters. The van der Waals surface area contributed by atoms with E-state index < -0.39 is 0 Å². The first-order valence-corrected chi connectivity index (χ1v) is 11.1. The van der Waals surface area contributed by atoms with E-state index in [0.717, 1.165) is 91.0 Å². The fraction of sp³-hybridized carbons (Fsp3) is 0.905.